The van der Waals surface area contributed by atoms with E-state index in [2.05, 4.69) is 24.1 Å². The van der Waals surface area contributed by atoms with Crippen LogP contribution in [-0.4, -0.2) is 36.6 Å². The Bertz CT molecular complexity index is 187. The predicted octanol–water partition coefficient (Wildman–Crippen LogP) is 2.25. The molecule has 0 radical (unpaired) electrons. The molecule has 88 valence electrons. The van der Waals surface area contributed by atoms with Crippen LogP contribution in [0.25, 0.3) is 0 Å². The van der Waals surface area contributed by atoms with Gasteiger partial charge in [-0.2, -0.15) is 0 Å². The summed E-state index contributed by atoms with van der Waals surface area (Å²) in [7, 11) is 0. The van der Waals surface area contributed by atoms with Gasteiger partial charge >= 0.3 is 0 Å². The lowest BCUT2D eigenvalue weighted by molar-refractivity contribution is 0.154. The van der Waals surface area contributed by atoms with E-state index >= 15 is 0 Å². The van der Waals surface area contributed by atoms with Crippen molar-refractivity contribution in [2.75, 3.05) is 19.6 Å². The van der Waals surface area contributed by atoms with Crippen LogP contribution in [0, 0.1) is 5.92 Å². The molecule has 2 heteroatoms. The van der Waals surface area contributed by atoms with Crippen LogP contribution in [0.5, 0.6) is 0 Å². The largest absolute Gasteiger partial charge is 0.316 e. The van der Waals surface area contributed by atoms with Gasteiger partial charge in [0.15, 0.2) is 0 Å². The summed E-state index contributed by atoms with van der Waals surface area (Å²) in [5.41, 5.74) is 0. The number of hydrogen-bond donors (Lipinski definition) is 1. The van der Waals surface area contributed by atoms with E-state index in [4.69, 9.17) is 0 Å². The first-order valence-electron chi connectivity index (χ1n) is 6.77. The highest BCUT2D eigenvalue weighted by atomic mass is 15.2. The minimum atomic E-state index is 0.830. The summed E-state index contributed by atoms with van der Waals surface area (Å²) in [6.07, 6.45) is 7.00. The number of hydrogen-bond acceptors (Lipinski definition) is 2. The molecule has 0 aromatic heterocycles. The summed E-state index contributed by atoms with van der Waals surface area (Å²) >= 11 is 0. The topological polar surface area (TPSA) is 15.3 Å². The minimum Gasteiger partial charge on any atom is -0.316 e. The fourth-order valence-corrected chi connectivity index (χ4v) is 3.27. The molecule has 2 heterocycles. The summed E-state index contributed by atoms with van der Waals surface area (Å²) < 4.78 is 0. The molecule has 0 bridgehead atoms. The van der Waals surface area contributed by atoms with Crippen LogP contribution < -0.4 is 5.32 Å². The molecule has 0 amide bonds. The predicted molar refractivity (Wildman–Crippen MR) is 65.1 cm³/mol. The third-order valence-electron chi connectivity index (χ3n) is 4.29. The Morgan fingerprint density at radius 1 is 1.27 bits per heavy atom. The van der Waals surface area contributed by atoms with Crippen molar-refractivity contribution in [1.29, 1.82) is 0 Å². The quantitative estimate of drug-likeness (QED) is 0.768. The maximum absolute atomic E-state index is 3.53. The highest BCUT2D eigenvalue weighted by molar-refractivity contribution is 4.86. The number of likely N-dealkylation sites (tertiary alicyclic amines) is 1. The molecule has 15 heavy (non-hydrogen) atoms. The van der Waals surface area contributed by atoms with Crippen molar-refractivity contribution in [1.82, 2.24) is 10.2 Å². The van der Waals surface area contributed by atoms with Crippen LogP contribution in [0.1, 0.15) is 46.0 Å². The average molecular weight is 210 g/mol. The smallest absolute Gasteiger partial charge is 0.00961 e. The van der Waals surface area contributed by atoms with Gasteiger partial charge in [0.05, 0.1) is 0 Å². The van der Waals surface area contributed by atoms with Gasteiger partial charge in [-0.3, -0.25) is 4.90 Å². The first-order valence-corrected chi connectivity index (χ1v) is 6.77. The van der Waals surface area contributed by atoms with Crippen molar-refractivity contribution in [2.24, 2.45) is 5.92 Å². The number of nitrogens with zero attached hydrogens (tertiary/aromatic N) is 1. The summed E-state index contributed by atoms with van der Waals surface area (Å²) in [5, 5.41) is 3.53. The van der Waals surface area contributed by atoms with E-state index in [9.17, 15) is 0 Å². The standard InChI is InChI=1S/C13H26N2/c1-3-13-7-6-11(2)15(13)10-12-5-4-8-14-9-12/h11-14H,3-10H2,1-2H3. The molecule has 2 aliphatic heterocycles. The Hall–Kier alpha value is -0.0800. The van der Waals surface area contributed by atoms with E-state index in [1.165, 1.54) is 51.7 Å². The average Bonchev–Trinajstić information content (AvgIpc) is 2.62. The fourth-order valence-electron chi connectivity index (χ4n) is 3.27. The zero-order chi connectivity index (χ0) is 10.7. The van der Waals surface area contributed by atoms with Crippen LogP contribution in [0.3, 0.4) is 0 Å². The molecule has 2 saturated heterocycles. The van der Waals surface area contributed by atoms with Crippen molar-refractivity contribution in [2.45, 2.75) is 58.0 Å². The van der Waals surface area contributed by atoms with Crippen LogP contribution in [0.15, 0.2) is 0 Å². The second-order valence-electron chi connectivity index (χ2n) is 5.40. The van der Waals surface area contributed by atoms with Crippen molar-refractivity contribution < 1.29 is 0 Å². The van der Waals surface area contributed by atoms with E-state index in [0.29, 0.717) is 0 Å². The number of piperidine rings is 1. The Morgan fingerprint density at radius 2 is 2.13 bits per heavy atom. The third-order valence-corrected chi connectivity index (χ3v) is 4.29. The summed E-state index contributed by atoms with van der Waals surface area (Å²) in [5.74, 6) is 0.911. The number of nitrogens with one attached hydrogen (secondary N) is 1. The van der Waals surface area contributed by atoms with Crippen LogP contribution in [-0.2, 0) is 0 Å². The maximum atomic E-state index is 3.53. The Balaban J connectivity index is 1.85. The lowest BCUT2D eigenvalue weighted by atomic mass is 9.98. The molecule has 3 atom stereocenters. The first kappa shape index (κ1) is 11.4. The zero-order valence-corrected chi connectivity index (χ0v) is 10.3. The van der Waals surface area contributed by atoms with Gasteiger partial charge in [-0.1, -0.05) is 6.92 Å². The minimum absolute atomic E-state index is 0.830. The second-order valence-corrected chi connectivity index (χ2v) is 5.40. The first-order chi connectivity index (χ1) is 7.31. The molecule has 2 rings (SSSR count). The van der Waals surface area contributed by atoms with Crippen LogP contribution in [0.4, 0.5) is 0 Å². The molecule has 0 aromatic carbocycles. The summed E-state index contributed by atoms with van der Waals surface area (Å²) in [4.78, 5) is 2.78. The van der Waals surface area contributed by atoms with Gasteiger partial charge < -0.3 is 5.32 Å². The van der Waals surface area contributed by atoms with Crippen molar-refractivity contribution >= 4 is 0 Å². The third kappa shape index (κ3) is 2.73. The molecule has 2 nitrogen and oxygen atoms in total. The lowest BCUT2D eigenvalue weighted by Gasteiger charge is -2.33. The van der Waals surface area contributed by atoms with Crippen molar-refractivity contribution in [3.63, 3.8) is 0 Å². The monoisotopic (exact) mass is 210 g/mol. The van der Waals surface area contributed by atoms with Gasteiger partial charge in [-0.15, -0.1) is 0 Å². The highest BCUT2D eigenvalue weighted by Crippen LogP contribution is 2.27. The SMILES string of the molecule is CCC1CCC(C)N1CC1CCCNC1. The van der Waals surface area contributed by atoms with Gasteiger partial charge in [0.2, 0.25) is 0 Å². The van der Waals surface area contributed by atoms with Gasteiger partial charge in [-0.25, -0.2) is 0 Å². The van der Waals surface area contributed by atoms with E-state index < -0.39 is 0 Å². The normalized spacial score (nSPS) is 38.4. The van der Waals surface area contributed by atoms with Crippen LogP contribution >= 0.6 is 0 Å². The summed E-state index contributed by atoms with van der Waals surface area (Å²) in [6, 6.07) is 1.71. The van der Waals surface area contributed by atoms with E-state index in [0.717, 1.165) is 18.0 Å². The van der Waals surface area contributed by atoms with Gasteiger partial charge in [-0.05, 0) is 58.0 Å². The molecule has 0 saturated carbocycles. The second kappa shape index (κ2) is 5.31. The van der Waals surface area contributed by atoms with E-state index in [1.54, 1.807) is 0 Å². The Labute approximate surface area is 94.4 Å². The van der Waals surface area contributed by atoms with Crippen molar-refractivity contribution in [3.8, 4) is 0 Å². The molecular formula is C13H26N2. The van der Waals surface area contributed by atoms with Crippen molar-refractivity contribution in [3.05, 3.63) is 0 Å². The van der Waals surface area contributed by atoms with Gasteiger partial charge in [0, 0.05) is 18.6 Å². The molecular weight excluding hydrogens is 184 g/mol. The van der Waals surface area contributed by atoms with E-state index in [1.807, 2.05) is 0 Å². The molecule has 0 spiro atoms. The fraction of sp³-hybridized carbons (Fsp3) is 1.00. The Morgan fingerprint density at radius 3 is 2.80 bits per heavy atom. The molecule has 2 aliphatic rings. The highest BCUT2D eigenvalue weighted by Gasteiger charge is 2.30. The number of rotatable bonds is 3. The summed E-state index contributed by atoms with van der Waals surface area (Å²) in [6.45, 7) is 8.58. The molecule has 0 aliphatic carbocycles. The Kier molecular flexibility index (Phi) is 4.04. The molecule has 1 N–H and O–H groups in total. The lowest BCUT2D eigenvalue weighted by Crippen LogP contribution is -2.42. The maximum Gasteiger partial charge on any atom is 0.00961 e. The van der Waals surface area contributed by atoms with Gasteiger partial charge in [0.25, 0.3) is 0 Å². The van der Waals surface area contributed by atoms with Crippen LogP contribution in [0.2, 0.25) is 0 Å². The zero-order valence-electron chi connectivity index (χ0n) is 10.3. The van der Waals surface area contributed by atoms with Gasteiger partial charge in [0.1, 0.15) is 0 Å². The molecule has 3 unspecified atom stereocenters. The molecule has 2 fully saturated rings. The molecule has 0 aromatic rings. The van der Waals surface area contributed by atoms with E-state index in [-0.39, 0.29) is 0 Å².